The summed E-state index contributed by atoms with van der Waals surface area (Å²) in [6.45, 7) is 3.84. The van der Waals surface area contributed by atoms with Gasteiger partial charge in [-0.05, 0) is 30.7 Å². The normalized spacial score (nSPS) is 11.0. The van der Waals surface area contributed by atoms with Crippen molar-refractivity contribution in [3.8, 4) is 0 Å². The van der Waals surface area contributed by atoms with Gasteiger partial charge in [-0.1, -0.05) is 6.92 Å². The number of benzene rings is 1. The largest absolute Gasteiger partial charge is 0.356 e. The Morgan fingerprint density at radius 2 is 1.76 bits per heavy atom. The first-order chi connectivity index (χ1) is 9.85. The van der Waals surface area contributed by atoms with Crippen LogP contribution in [-0.2, 0) is 19.4 Å². The highest BCUT2D eigenvalue weighted by atomic mass is 32.2. The highest BCUT2D eigenvalue weighted by Crippen LogP contribution is 2.16. The summed E-state index contributed by atoms with van der Waals surface area (Å²) in [6.07, 6.45) is 0.749. The maximum Gasteiger partial charge on any atom is 0.221 e. The molecule has 21 heavy (non-hydrogen) atoms. The molecule has 0 saturated carbocycles. The van der Waals surface area contributed by atoms with Gasteiger partial charge >= 0.3 is 0 Å². The number of rotatable bonds is 7. The summed E-state index contributed by atoms with van der Waals surface area (Å²) in [5.74, 6) is -0.726. The van der Waals surface area contributed by atoms with Crippen LogP contribution in [0.2, 0.25) is 0 Å². The zero-order valence-electron chi connectivity index (χ0n) is 12.2. The van der Waals surface area contributed by atoms with Crippen LogP contribution in [0.3, 0.4) is 0 Å². The van der Waals surface area contributed by atoms with Crippen molar-refractivity contribution in [3.63, 3.8) is 0 Å². The average Bonchev–Trinajstić information content (AvgIpc) is 2.43. The second kappa shape index (κ2) is 7.78. The Labute approximate surface area is 124 Å². The first-order valence-electron chi connectivity index (χ1n) is 6.72. The van der Waals surface area contributed by atoms with E-state index in [-0.39, 0.29) is 28.9 Å². The summed E-state index contributed by atoms with van der Waals surface area (Å²) < 4.78 is 24.2. The minimum atomic E-state index is -3.50. The third-order valence-corrected chi connectivity index (χ3v) is 4.44. The molecule has 0 spiro atoms. The monoisotopic (exact) mass is 312 g/mol. The molecule has 0 aliphatic heterocycles. The Hall–Kier alpha value is -1.89. The topological polar surface area (TPSA) is 92.3 Å². The fourth-order valence-corrected chi connectivity index (χ4v) is 2.89. The van der Waals surface area contributed by atoms with Crippen LogP contribution in [0.1, 0.15) is 26.7 Å². The summed E-state index contributed by atoms with van der Waals surface area (Å²) in [6, 6.07) is 5.88. The van der Waals surface area contributed by atoms with Crippen molar-refractivity contribution in [2.24, 2.45) is 0 Å². The van der Waals surface area contributed by atoms with E-state index in [2.05, 4.69) is 10.6 Å². The first-order valence-corrected chi connectivity index (χ1v) is 8.37. The molecule has 6 nitrogen and oxygen atoms in total. The van der Waals surface area contributed by atoms with Crippen molar-refractivity contribution in [1.29, 1.82) is 0 Å². The van der Waals surface area contributed by atoms with Crippen molar-refractivity contribution in [2.75, 3.05) is 17.6 Å². The molecule has 0 heterocycles. The minimum Gasteiger partial charge on any atom is -0.356 e. The maximum absolute atomic E-state index is 12.1. The summed E-state index contributed by atoms with van der Waals surface area (Å²) in [5.41, 5.74) is 0.530. The van der Waals surface area contributed by atoms with E-state index < -0.39 is 9.84 Å². The van der Waals surface area contributed by atoms with Gasteiger partial charge in [-0.3, -0.25) is 9.59 Å². The van der Waals surface area contributed by atoms with Crippen LogP contribution in [-0.4, -0.2) is 32.5 Å². The minimum absolute atomic E-state index is 0.0597. The number of carbonyl (C=O) groups excluding carboxylic acids is 2. The number of amides is 2. The molecule has 0 unspecified atom stereocenters. The smallest absolute Gasteiger partial charge is 0.221 e. The lowest BCUT2D eigenvalue weighted by molar-refractivity contribution is -0.120. The van der Waals surface area contributed by atoms with Gasteiger partial charge in [0.25, 0.3) is 0 Å². The molecule has 0 saturated heterocycles. The van der Waals surface area contributed by atoms with Crippen molar-refractivity contribution >= 4 is 27.3 Å². The molecule has 0 bridgehead atoms. The van der Waals surface area contributed by atoms with Crippen LogP contribution in [0.15, 0.2) is 29.2 Å². The van der Waals surface area contributed by atoms with E-state index in [1.165, 1.54) is 31.2 Å². The molecule has 1 aromatic rings. The zero-order valence-corrected chi connectivity index (χ0v) is 13.0. The van der Waals surface area contributed by atoms with Gasteiger partial charge in [0.05, 0.1) is 10.6 Å². The number of anilines is 1. The van der Waals surface area contributed by atoms with E-state index in [1.807, 2.05) is 6.92 Å². The van der Waals surface area contributed by atoms with Crippen LogP contribution < -0.4 is 10.6 Å². The third kappa shape index (κ3) is 5.95. The molecule has 0 aliphatic carbocycles. The standard InChI is InChI=1S/C14H20N2O4S/c1-3-9-15-14(18)8-10-21(19,20)13-6-4-12(5-7-13)16-11(2)17/h4-7H,3,8-10H2,1-2H3,(H,15,18)(H,16,17). The van der Waals surface area contributed by atoms with Gasteiger partial charge in [0.2, 0.25) is 11.8 Å². The van der Waals surface area contributed by atoms with Gasteiger partial charge in [0.1, 0.15) is 0 Å². The van der Waals surface area contributed by atoms with Crippen molar-refractivity contribution in [2.45, 2.75) is 31.6 Å². The van der Waals surface area contributed by atoms with E-state index in [0.29, 0.717) is 12.2 Å². The zero-order chi connectivity index (χ0) is 15.9. The predicted molar refractivity (Wildman–Crippen MR) is 80.7 cm³/mol. The lowest BCUT2D eigenvalue weighted by Gasteiger charge is -2.07. The molecule has 7 heteroatoms. The Morgan fingerprint density at radius 1 is 1.14 bits per heavy atom. The molecule has 0 fully saturated rings. The van der Waals surface area contributed by atoms with E-state index in [4.69, 9.17) is 0 Å². The van der Waals surface area contributed by atoms with Crippen LogP contribution in [0, 0.1) is 0 Å². The number of hydrogen-bond donors (Lipinski definition) is 2. The summed E-state index contributed by atoms with van der Waals surface area (Å²) >= 11 is 0. The number of sulfone groups is 1. The van der Waals surface area contributed by atoms with Crippen LogP contribution in [0.4, 0.5) is 5.69 Å². The van der Waals surface area contributed by atoms with Gasteiger partial charge in [-0.15, -0.1) is 0 Å². The van der Waals surface area contributed by atoms with Gasteiger partial charge in [-0.2, -0.15) is 0 Å². The molecule has 2 amide bonds. The van der Waals surface area contributed by atoms with E-state index in [9.17, 15) is 18.0 Å². The third-order valence-electron chi connectivity index (χ3n) is 2.70. The Kier molecular flexibility index (Phi) is 6.36. The number of hydrogen-bond acceptors (Lipinski definition) is 4. The molecule has 2 N–H and O–H groups in total. The second-order valence-electron chi connectivity index (χ2n) is 4.62. The van der Waals surface area contributed by atoms with E-state index >= 15 is 0 Å². The number of carbonyl (C=O) groups is 2. The second-order valence-corrected chi connectivity index (χ2v) is 6.73. The Morgan fingerprint density at radius 3 is 2.29 bits per heavy atom. The fraction of sp³-hybridized carbons (Fsp3) is 0.429. The highest BCUT2D eigenvalue weighted by molar-refractivity contribution is 7.91. The number of nitrogens with one attached hydrogen (secondary N) is 2. The Balaban J connectivity index is 2.65. The lowest BCUT2D eigenvalue weighted by Crippen LogP contribution is -2.26. The van der Waals surface area contributed by atoms with Crippen LogP contribution in [0.5, 0.6) is 0 Å². The quantitative estimate of drug-likeness (QED) is 0.794. The maximum atomic E-state index is 12.1. The Bertz CT molecular complexity index is 594. The van der Waals surface area contributed by atoms with Crippen LogP contribution >= 0.6 is 0 Å². The van der Waals surface area contributed by atoms with Crippen molar-refractivity contribution < 1.29 is 18.0 Å². The summed E-state index contributed by atoms with van der Waals surface area (Å²) in [4.78, 5) is 22.5. The summed E-state index contributed by atoms with van der Waals surface area (Å²) in [5, 5.41) is 5.20. The molecule has 0 aromatic heterocycles. The average molecular weight is 312 g/mol. The molecule has 1 aromatic carbocycles. The SMILES string of the molecule is CCCNC(=O)CCS(=O)(=O)c1ccc(NC(C)=O)cc1. The first kappa shape index (κ1) is 17.2. The van der Waals surface area contributed by atoms with Crippen LogP contribution in [0.25, 0.3) is 0 Å². The van der Waals surface area contributed by atoms with Gasteiger partial charge < -0.3 is 10.6 Å². The summed E-state index contributed by atoms with van der Waals surface area (Å²) in [7, 11) is -3.50. The molecule has 0 radical (unpaired) electrons. The molecule has 1 rings (SSSR count). The lowest BCUT2D eigenvalue weighted by atomic mass is 10.3. The molecular weight excluding hydrogens is 292 g/mol. The van der Waals surface area contributed by atoms with Crippen molar-refractivity contribution in [1.82, 2.24) is 5.32 Å². The van der Waals surface area contributed by atoms with Gasteiger partial charge in [0, 0.05) is 25.6 Å². The fourth-order valence-electron chi connectivity index (χ4n) is 1.65. The highest BCUT2D eigenvalue weighted by Gasteiger charge is 2.16. The van der Waals surface area contributed by atoms with Gasteiger partial charge in [-0.25, -0.2) is 8.42 Å². The molecule has 0 atom stereocenters. The van der Waals surface area contributed by atoms with Gasteiger partial charge in [0.15, 0.2) is 9.84 Å². The van der Waals surface area contributed by atoms with E-state index in [1.54, 1.807) is 0 Å². The molecule has 0 aliphatic rings. The molecular formula is C14H20N2O4S. The molecule has 116 valence electrons. The van der Waals surface area contributed by atoms with E-state index in [0.717, 1.165) is 6.42 Å². The predicted octanol–water partition coefficient (Wildman–Crippen LogP) is 1.33. The van der Waals surface area contributed by atoms with Crippen molar-refractivity contribution in [3.05, 3.63) is 24.3 Å².